The molecule has 2 heterocycles. The number of benzene rings is 2. The van der Waals surface area contributed by atoms with Crippen LogP contribution in [0.5, 0.6) is 11.5 Å². The summed E-state index contributed by atoms with van der Waals surface area (Å²) in [5.74, 6) is 0.258. The molecule has 0 unspecified atom stereocenters. The second-order valence-corrected chi connectivity index (χ2v) is 8.53. The Labute approximate surface area is 198 Å². The highest BCUT2D eigenvalue weighted by Crippen LogP contribution is 2.37. The minimum absolute atomic E-state index is 0.0444. The smallest absolute Gasteiger partial charge is 0.262 e. The molecule has 3 aromatic rings. The third-order valence-electron chi connectivity index (χ3n) is 4.90. The zero-order valence-corrected chi connectivity index (χ0v) is 19.4. The van der Waals surface area contributed by atoms with Gasteiger partial charge in [-0.05, 0) is 31.2 Å². The molecule has 0 saturated carbocycles. The van der Waals surface area contributed by atoms with Crippen LogP contribution in [-0.2, 0) is 16.1 Å². The van der Waals surface area contributed by atoms with Crippen LogP contribution in [0.15, 0.2) is 40.3 Å². The maximum absolute atomic E-state index is 13.0. The molecule has 172 valence electrons. The summed E-state index contributed by atoms with van der Waals surface area (Å²) >= 11 is 7.16. The fourth-order valence-electron chi connectivity index (χ4n) is 3.32. The number of fused-ring (bicyclic) bond motifs is 2. The van der Waals surface area contributed by atoms with Crippen LogP contribution in [0.3, 0.4) is 0 Å². The summed E-state index contributed by atoms with van der Waals surface area (Å²) in [6.07, 6.45) is 0. The average Bonchev–Trinajstić information content (AvgIpc) is 3.23. The second kappa shape index (κ2) is 9.82. The summed E-state index contributed by atoms with van der Waals surface area (Å²) in [7, 11) is 1.54. The molecular weight excluding hydrogens is 470 g/mol. The molecule has 1 N–H and O–H groups in total. The van der Waals surface area contributed by atoms with Crippen molar-refractivity contribution in [1.29, 1.82) is 0 Å². The van der Waals surface area contributed by atoms with Gasteiger partial charge in [-0.25, -0.2) is 4.98 Å². The molecule has 1 aliphatic heterocycles. The van der Waals surface area contributed by atoms with Crippen molar-refractivity contribution in [1.82, 2.24) is 9.55 Å². The number of amides is 1. The van der Waals surface area contributed by atoms with Crippen LogP contribution < -0.4 is 20.3 Å². The SMILES string of the molecule is COCCn1c(SCC(=O)Nc2cc3c(cc2C(C)=O)OCO3)nc2cc(Cl)ccc2c1=O. The lowest BCUT2D eigenvalue weighted by atomic mass is 10.1. The molecule has 33 heavy (non-hydrogen) atoms. The van der Waals surface area contributed by atoms with Gasteiger partial charge in [0, 0.05) is 23.8 Å². The number of aromatic nitrogens is 2. The number of ether oxygens (including phenoxy) is 3. The molecule has 1 amide bonds. The quantitative estimate of drug-likeness (QED) is 0.291. The number of thioether (sulfide) groups is 1. The molecule has 0 saturated heterocycles. The third kappa shape index (κ3) is 4.97. The predicted molar refractivity (Wildman–Crippen MR) is 125 cm³/mol. The van der Waals surface area contributed by atoms with E-state index in [-0.39, 0.29) is 36.3 Å². The first-order valence-electron chi connectivity index (χ1n) is 9.93. The van der Waals surface area contributed by atoms with Gasteiger partial charge in [-0.15, -0.1) is 0 Å². The van der Waals surface area contributed by atoms with Crippen LogP contribution in [-0.4, -0.2) is 47.5 Å². The van der Waals surface area contributed by atoms with Crippen molar-refractivity contribution in [3.8, 4) is 11.5 Å². The van der Waals surface area contributed by atoms with Gasteiger partial charge in [0.15, 0.2) is 22.4 Å². The number of ketones is 1. The molecule has 1 aromatic heterocycles. The summed E-state index contributed by atoms with van der Waals surface area (Å²) < 4.78 is 17.2. The van der Waals surface area contributed by atoms with Crippen LogP contribution in [0.25, 0.3) is 10.9 Å². The summed E-state index contributed by atoms with van der Waals surface area (Å²) in [6.45, 7) is 2.04. The van der Waals surface area contributed by atoms with E-state index in [1.165, 1.54) is 18.6 Å². The Hall–Kier alpha value is -3.08. The van der Waals surface area contributed by atoms with E-state index in [1.54, 1.807) is 30.3 Å². The van der Waals surface area contributed by atoms with Crippen LogP contribution >= 0.6 is 23.4 Å². The Morgan fingerprint density at radius 2 is 2.00 bits per heavy atom. The minimum atomic E-state index is -0.375. The van der Waals surface area contributed by atoms with E-state index < -0.39 is 0 Å². The number of nitrogens with one attached hydrogen (secondary N) is 1. The molecular formula is C22H20ClN3O6S. The third-order valence-corrected chi connectivity index (χ3v) is 6.11. The number of hydrogen-bond acceptors (Lipinski definition) is 8. The van der Waals surface area contributed by atoms with Gasteiger partial charge in [-0.3, -0.25) is 19.0 Å². The number of Topliss-reactive ketones (excluding diaryl/α,β-unsaturated/α-hetero) is 1. The van der Waals surface area contributed by atoms with Gasteiger partial charge in [0.25, 0.3) is 5.56 Å². The summed E-state index contributed by atoms with van der Waals surface area (Å²) in [6, 6.07) is 7.97. The average molecular weight is 490 g/mol. The highest BCUT2D eigenvalue weighted by Gasteiger charge is 2.21. The lowest BCUT2D eigenvalue weighted by molar-refractivity contribution is -0.113. The van der Waals surface area contributed by atoms with E-state index in [2.05, 4.69) is 10.3 Å². The Morgan fingerprint density at radius 1 is 1.24 bits per heavy atom. The van der Waals surface area contributed by atoms with Gasteiger partial charge in [0.1, 0.15) is 0 Å². The van der Waals surface area contributed by atoms with E-state index in [4.69, 9.17) is 25.8 Å². The van der Waals surface area contributed by atoms with Crippen molar-refractivity contribution in [2.24, 2.45) is 0 Å². The molecule has 2 aromatic carbocycles. The van der Waals surface area contributed by atoms with Gasteiger partial charge in [-0.1, -0.05) is 23.4 Å². The first-order valence-corrected chi connectivity index (χ1v) is 11.3. The maximum Gasteiger partial charge on any atom is 0.262 e. The van der Waals surface area contributed by atoms with Gasteiger partial charge in [0.2, 0.25) is 12.7 Å². The zero-order chi connectivity index (χ0) is 23.5. The lowest BCUT2D eigenvalue weighted by Crippen LogP contribution is -2.26. The largest absolute Gasteiger partial charge is 0.454 e. The second-order valence-electron chi connectivity index (χ2n) is 7.15. The van der Waals surface area contributed by atoms with Crippen molar-refractivity contribution in [3.05, 3.63) is 51.3 Å². The van der Waals surface area contributed by atoms with Gasteiger partial charge < -0.3 is 19.5 Å². The Balaban J connectivity index is 1.58. The van der Waals surface area contributed by atoms with Gasteiger partial charge >= 0.3 is 0 Å². The van der Waals surface area contributed by atoms with Crippen molar-refractivity contribution in [3.63, 3.8) is 0 Å². The molecule has 0 fully saturated rings. The van der Waals surface area contributed by atoms with Crippen molar-refractivity contribution >= 4 is 51.6 Å². The van der Waals surface area contributed by atoms with E-state index >= 15 is 0 Å². The molecule has 9 nitrogen and oxygen atoms in total. The summed E-state index contributed by atoms with van der Waals surface area (Å²) in [5, 5.41) is 3.98. The number of anilines is 1. The Morgan fingerprint density at radius 3 is 2.73 bits per heavy atom. The monoisotopic (exact) mass is 489 g/mol. The predicted octanol–water partition coefficient (Wildman–Crippen LogP) is 3.36. The number of carbonyl (C=O) groups excluding carboxylic acids is 2. The van der Waals surface area contributed by atoms with Crippen LogP contribution in [0.4, 0.5) is 5.69 Å². The number of hydrogen-bond donors (Lipinski definition) is 1. The Kier molecular flexibility index (Phi) is 6.87. The molecule has 11 heteroatoms. The molecule has 0 aliphatic carbocycles. The number of carbonyl (C=O) groups is 2. The number of methoxy groups -OCH3 is 1. The van der Waals surface area contributed by atoms with E-state index in [0.717, 1.165) is 11.8 Å². The standard InChI is InChI=1S/C22H20ClN3O6S/c1-12(27)15-8-18-19(32-11-31-18)9-17(15)24-20(28)10-33-22-25-16-7-13(23)3-4-14(16)21(29)26(22)5-6-30-2/h3-4,7-9H,5-6,10-11H2,1-2H3,(H,24,28). The van der Waals surface area contributed by atoms with Crippen LogP contribution in [0.2, 0.25) is 5.02 Å². The maximum atomic E-state index is 13.0. The topological polar surface area (TPSA) is 109 Å². The normalized spacial score (nSPS) is 12.2. The molecule has 0 spiro atoms. The molecule has 0 bridgehead atoms. The number of nitrogens with zero attached hydrogens (tertiary/aromatic N) is 2. The number of halogens is 1. The van der Waals surface area contributed by atoms with Crippen LogP contribution in [0.1, 0.15) is 17.3 Å². The first kappa shape index (κ1) is 23.1. The van der Waals surface area contributed by atoms with E-state index in [0.29, 0.717) is 50.4 Å². The molecule has 1 aliphatic rings. The van der Waals surface area contributed by atoms with Crippen molar-refractivity contribution in [2.75, 3.05) is 31.6 Å². The van der Waals surface area contributed by atoms with E-state index in [1.807, 2.05) is 0 Å². The van der Waals surface area contributed by atoms with E-state index in [9.17, 15) is 14.4 Å². The fourth-order valence-corrected chi connectivity index (χ4v) is 4.31. The molecule has 0 radical (unpaired) electrons. The molecule has 0 atom stereocenters. The van der Waals surface area contributed by atoms with Gasteiger partial charge in [-0.2, -0.15) is 0 Å². The molecule has 4 rings (SSSR count). The van der Waals surface area contributed by atoms with Crippen LogP contribution in [0, 0.1) is 0 Å². The van der Waals surface area contributed by atoms with Crippen molar-refractivity contribution in [2.45, 2.75) is 18.6 Å². The zero-order valence-electron chi connectivity index (χ0n) is 17.8. The first-order chi connectivity index (χ1) is 15.9. The minimum Gasteiger partial charge on any atom is -0.454 e. The summed E-state index contributed by atoms with van der Waals surface area (Å²) in [4.78, 5) is 42.3. The lowest BCUT2D eigenvalue weighted by Gasteiger charge is -2.14. The highest BCUT2D eigenvalue weighted by molar-refractivity contribution is 7.99. The fraction of sp³-hybridized carbons (Fsp3) is 0.273. The summed E-state index contributed by atoms with van der Waals surface area (Å²) in [5.41, 5.74) is 0.838. The Bertz CT molecular complexity index is 1310. The van der Waals surface area contributed by atoms with Crippen molar-refractivity contribution < 1.29 is 23.8 Å². The van der Waals surface area contributed by atoms with Gasteiger partial charge in [0.05, 0.1) is 35.5 Å². The number of rotatable bonds is 8. The highest BCUT2D eigenvalue weighted by atomic mass is 35.5.